The zero-order valence-electron chi connectivity index (χ0n) is 17.2. The molecule has 1 saturated heterocycles. The summed E-state index contributed by atoms with van der Waals surface area (Å²) in [6.45, 7) is 10.1. The first-order valence-corrected chi connectivity index (χ1v) is 9.96. The van der Waals surface area contributed by atoms with E-state index in [0.29, 0.717) is 0 Å². The van der Waals surface area contributed by atoms with Gasteiger partial charge in [0.15, 0.2) is 0 Å². The van der Waals surface area contributed by atoms with Crippen LogP contribution in [0.4, 0.5) is 23.3 Å². The molecule has 0 atom stereocenters. The smallest absolute Gasteiger partial charge is 0.225 e. The summed E-state index contributed by atoms with van der Waals surface area (Å²) >= 11 is 0. The molecular formula is C22H27N7. The van der Waals surface area contributed by atoms with Crippen LogP contribution in [0.25, 0.3) is 0 Å². The Morgan fingerprint density at radius 1 is 0.828 bits per heavy atom. The summed E-state index contributed by atoms with van der Waals surface area (Å²) in [5, 5.41) is 3.48. The molecule has 7 nitrogen and oxygen atoms in total. The lowest BCUT2D eigenvalue weighted by atomic mass is 9.86. The number of para-hydroxylation sites is 1. The van der Waals surface area contributed by atoms with Crippen LogP contribution >= 0.6 is 0 Å². The van der Waals surface area contributed by atoms with E-state index in [9.17, 15) is 0 Å². The molecule has 1 aliphatic rings. The van der Waals surface area contributed by atoms with Crippen LogP contribution < -0.4 is 15.1 Å². The number of nitrogens with zero attached hydrogens (tertiary/aromatic N) is 6. The van der Waals surface area contributed by atoms with Crippen molar-refractivity contribution in [3.63, 3.8) is 0 Å². The Kier molecular flexibility index (Phi) is 5.29. The third kappa shape index (κ3) is 4.45. The molecule has 150 valence electrons. The van der Waals surface area contributed by atoms with Gasteiger partial charge < -0.3 is 15.1 Å². The standard InChI is InChI=1S/C22H27N7/c1-22(2,3)17-7-4-5-8-18(17)27-19-15-20(26-16-25-19)28-11-13-29(14-12-28)21-23-9-6-10-24-21/h4-10,15-16H,11-14H2,1-3H3,(H,25,26,27). The maximum absolute atomic E-state index is 4.50. The maximum atomic E-state index is 4.50. The monoisotopic (exact) mass is 389 g/mol. The molecule has 1 aromatic carbocycles. The van der Waals surface area contributed by atoms with E-state index >= 15 is 0 Å². The zero-order valence-corrected chi connectivity index (χ0v) is 17.2. The van der Waals surface area contributed by atoms with E-state index in [1.54, 1.807) is 18.7 Å². The first-order valence-electron chi connectivity index (χ1n) is 9.96. The van der Waals surface area contributed by atoms with E-state index in [-0.39, 0.29) is 5.41 Å². The van der Waals surface area contributed by atoms with Crippen LogP contribution in [0.1, 0.15) is 26.3 Å². The number of hydrogen-bond acceptors (Lipinski definition) is 7. The van der Waals surface area contributed by atoms with Gasteiger partial charge in [-0.25, -0.2) is 19.9 Å². The van der Waals surface area contributed by atoms with Gasteiger partial charge in [-0.05, 0) is 23.1 Å². The molecule has 0 amide bonds. The second-order valence-electron chi connectivity index (χ2n) is 8.20. The van der Waals surface area contributed by atoms with Crippen molar-refractivity contribution in [1.29, 1.82) is 0 Å². The van der Waals surface area contributed by atoms with Gasteiger partial charge in [-0.1, -0.05) is 39.0 Å². The average molecular weight is 390 g/mol. The van der Waals surface area contributed by atoms with Crippen LogP contribution in [0.3, 0.4) is 0 Å². The van der Waals surface area contributed by atoms with Gasteiger partial charge in [0.05, 0.1) is 0 Å². The van der Waals surface area contributed by atoms with E-state index in [1.165, 1.54) is 5.56 Å². The topological polar surface area (TPSA) is 70.1 Å². The Balaban J connectivity index is 1.47. The van der Waals surface area contributed by atoms with Crippen molar-refractivity contribution in [1.82, 2.24) is 19.9 Å². The van der Waals surface area contributed by atoms with Gasteiger partial charge in [0.1, 0.15) is 18.0 Å². The Labute approximate surface area is 171 Å². The second-order valence-corrected chi connectivity index (χ2v) is 8.20. The number of anilines is 4. The molecule has 4 rings (SSSR count). The summed E-state index contributed by atoms with van der Waals surface area (Å²) in [6, 6.07) is 12.2. The lowest BCUT2D eigenvalue weighted by Crippen LogP contribution is -2.47. The van der Waals surface area contributed by atoms with E-state index < -0.39 is 0 Å². The number of nitrogens with one attached hydrogen (secondary N) is 1. The van der Waals surface area contributed by atoms with Gasteiger partial charge >= 0.3 is 0 Å². The molecular weight excluding hydrogens is 362 g/mol. The number of piperazine rings is 1. The van der Waals surface area contributed by atoms with Gasteiger partial charge in [0, 0.05) is 50.3 Å². The minimum Gasteiger partial charge on any atom is -0.353 e. The fourth-order valence-electron chi connectivity index (χ4n) is 3.56. The summed E-state index contributed by atoms with van der Waals surface area (Å²) in [5.41, 5.74) is 2.39. The van der Waals surface area contributed by atoms with E-state index in [2.05, 4.69) is 74.0 Å². The van der Waals surface area contributed by atoms with Crippen molar-refractivity contribution in [2.24, 2.45) is 0 Å². The minimum atomic E-state index is 0.0509. The molecule has 1 aliphatic heterocycles. The largest absolute Gasteiger partial charge is 0.353 e. The van der Waals surface area contributed by atoms with Gasteiger partial charge in [0.25, 0.3) is 0 Å². The molecule has 1 fully saturated rings. The Morgan fingerprint density at radius 2 is 1.52 bits per heavy atom. The average Bonchev–Trinajstić information content (AvgIpc) is 2.74. The quantitative estimate of drug-likeness (QED) is 0.730. The van der Waals surface area contributed by atoms with Crippen molar-refractivity contribution in [3.05, 3.63) is 60.7 Å². The molecule has 7 heteroatoms. The third-order valence-corrected chi connectivity index (χ3v) is 5.09. The lowest BCUT2D eigenvalue weighted by Gasteiger charge is -2.35. The molecule has 0 saturated carbocycles. The summed E-state index contributed by atoms with van der Waals surface area (Å²) in [4.78, 5) is 22.1. The maximum Gasteiger partial charge on any atom is 0.225 e. The van der Waals surface area contributed by atoms with Crippen molar-refractivity contribution in [2.75, 3.05) is 41.3 Å². The van der Waals surface area contributed by atoms with E-state index in [0.717, 1.165) is 49.5 Å². The summed E-state index contributed by atoms with van der Waals surface area (Å²) in [6.07, 6.45) is 5.20. The second kappa shape index (κ2) is 8.03. The SMILES string of the molecule is CC(C)(C)c1ccccc1Nc1cc(N2CCN(c3ncccn3)CC2)ncn1. The number of hydrogen-bond donors (Lipinski definition) is 1. The normalized spacial score (nSPS) is 14.7. The first kappa shape index (κ1) is 19.1. The fraction of sp³-hybridized carbons (Fsp3) is 0.364. The molecule has 0 bridgehead atoms. The summed E-state index contributed by atoms with van der Waals surface area (Å²) < 4.78 is 0. The van der Waals surface area contributed by atoms with Gasteiger partial charge in [-0.15, -0.1) is 0 Å². The molecule has 0 radical (unpaired) electrons. The predicted octanol–water partition coefficient (Wildman–Crippen LogP) is 3.63. The van der Waals surface area contributed by atoms with Crippen LogP contribution in [0, 0.1) is 0 Å². The molecule has 1 N–H and O–H groups in total. The Bertz CT molecular complexity index is 945. The summed E-state index contributed by atoms with van der Waals surface area (Å²) in [7, 11) is 0. The van der Waals surface area contributed by atoms with Crippen LogP contribution in [0.2, 0.25) is 0 Å². The summed E-state index contributed by atoms with van der Waals surface area (Å²) in [5.74, 6) is 2.53. The van der Waals surface area contributed by atoms with Crippen molar-refractivity contribution >= 4 is 23.3 Å². The number of benzene rings is 1. The molecule has 3 aromatic rings. The highest BCUT2D eigenvalue weighted by atomic mass is 15.3. The van der Waals surface area contributed by atoms with Gasteiger partial charge in [0.2, 0.25) is 5.95 Å². The van der Waals surface area contributed by atoms with Crippen molar-refractivity contribution < 1.29 is 0 Å². The van der Waals surface area contributed by atoms with Crippen molar-refractivity contribution in [3.8, 4) is 0 Å². The van der Waals surface area contributed by atoms with Gasteiger partial charge in [-0.2, -0.15) is 0 Å². The van der Waals surface area contributed by atoms with Crippen LogP contribution in [-0.4, -0.2) is 46.1 Å². The Morgan fingerprint density at radius 3 is 2.24 bits per heavy atom. The highest BCUT2D eigenvalue weighted by molar-refractivity contribution is 5.64. The molecule has 0 unspecified atom stereocenters. The molecule has 0 spiro atoms. The zero-order chi connectivity index (χ0) is 20.3. The van der Waals surface area contributed by atoms with Crippen LogP contribution in [0.15, 0.2) is 55.1 Å². The minimum absolute atomic E-state index is 0.0509. The lowest BCUT2D eigenvalue weighted by molar-refractivity contribution is 0.592. The molecule has 29 heavy (non-hydrogen) atoms. The van der Waals surface area contributed by atoms with Crippen LogP contribution in [-0.2, 0) is 5.41 Å². The predicted molar refractivity (Wildman–Crippen MR) is 117 cm³/mol. The molecule has 2 aromatic heterocycles. The molecule has 3 heterocycles. The highest BCUT2D eigenvalue weighted by Gasteiger charge is 2.21. The van der Waals surface area contributed by atoms with Crippen LogP contribution in [0.5, 0.6) is 0 Å². The number of rotatable bonds is 4. The molecule has 0 aliphatic carbocycles. The fourth-order valence-corrected chi connectivity index (χ4v) is 3.56. The Hall–Kier alpha value is -3.22. The highest BCUT2D eigenvalue weighted by Crippen LogP contribution is 2.31. The van der Waals surface area contributed by atoms with Crippen molar-refractivity contribution in [2.45, 2.75) is 26.2 Å². The number of aromatic nitrogens is 4. The van der Waals surface area contributed by atoms with Gasteiger partial charge in [-0.3, -0.25) is 0 Å². The third-order valence-electron chi connectivity index (χ3n) is 5.09. The first-order chi connectivity index (χ1) is 14.0. The van der Waals surface area contributed by atoms with E-state index in [1.807, 2.05) is 18.2 Å². The van der Waals surface area contributed by atoms with E-state index in [4.69, 9.17) is 0 Å².